The lowest BCUT2D eigenvalue weighted by molar-refractivity contribution is -0.253. The molecule has 3 saturated heterocycles. The van der Waals surface area contributed by atoms with Crippen molar-refractivity contribution in [1.29, 1.82) is 0 Å². The van der Waals surface area contributed by atoms with Gasteiger partial charge in [-0.2, -0.15) is 13.2 Å². The number of likely N-dealkylation sites (tertiary alicyclic amines) is 1. The van der Waals surface area contributed by atoms with Gasteiger partial charge in [-0.1, -0.05) is 97.1 Å². The fourth-order valence-electron chi connectivity index (χ4n) is 7.74. The molecule has 0 radical (unpaired) electrons. The third-order valence-corrected chi connectivity index (χ3v) is 10.8. The fourth-order valence-corrected chi connectivity index (χ4v) is 7.74. The summed E-state index contributed by atoms with van der Waals surface area (Å²) in [4.78, 5) is 30.3. The van der Waals surface area contributed by atoms with E-state index in [2.05, 4.69) is 39.4 Å². The number of alkyl halides is 3. The summed E-state index contributed by atoms with van der Waals surface area (Å²) in [6.07, 6.45) is -4.61. The number of carbonyl (C=O) groups is 2. The van der Waals surface area contributed by atoms with Crippen molar-refractivity contribution in [3.63, 3.8) is 0 Å². The molecule has 55 heavy (non-hydrogen) atoms. The van der Waals surface area contributed by atoms with Gasteiger partial charge in [-0.05, 0) is 52.3 Å². The van der Waals surface area contributed by atoms with E-state index < -0.39 is 30.3 Å². The van der Waals surface area contributed by atoms with Crippen molar-refractivity contribution in [1.82, 2.24) is 20.0 Å². The number of nitrogens with one attached hydrogen (secondary N) is 1. The third kappa shape index (κ3) is 9.81. The third-order valence-electron chi connectivity index (χ3n) is 10.8. The van der Waals surface area contributed by atoms with Gasteiger partial charge in [0, 0.05) is 64.3 Å². The Kier molecular flexibility index (Phi) is 12.3. The summed E-state index contributed by atoms with van der Waals surface area (Å²) in [5.74, 6) is -2.57. The van der Waals surface area contributed by atoms with Crippen molar-refractivity contribution in [2.75, 3.05) is 39.3 Å². The van der Waals surface area contributed by atoms with Gasteiger partial charge in [-0.15, -0.1) is 0 Å². The Hall–Kier alpha value is -4.59. The molecule has 290 valence electrons. The maximum atomic E-state index is 13.1. The first-order valence-corrected chi connectivity index (χ1v) is 19.0. The van der Waals surface area contributed by atoms with Crippen LogP contribution in [-0.4, -0.2) is 89.2 Å². The highest BCUT2D eigenvalue weighted by Gasteiger charge is 2.47. The molecule has 2 N–H and O–H groups in total. The number of carbonyl (C=O) groups excluding carboxylic acids is 2. The molecule has 2 amide bonds. The number of hydrogen-bond acceptors (Lipinski definition) is 7. The first-order chi connectivity index (χ1) is 26.6. The van der Waals surface area contributed by atoms with E-state index >= 15 is 0 Å². The van der Waals surface area contributed by atoms with E-state index in [1.165, 1.54) is 5.56 Å². The summed E-state index contributed by atoms with van der Waals surface area (Å²) in [5, 5.41) is 12.3. The van der Waals surface area contributed by atoms with E-state index in [-0.39, 0.29) is 38.3 Å². The molecule has 4 atom stereocenters. The van der Waals surface area contributed by atoms with Gasteiger partial charge in [0.05, 0.1) is 18.8 Å². The monoisotopic (exact) mass is 756 g/mol. The summed E-state index contributed by atoms with van der Waals surface area (Å²) < 4.78 is 52.4. The first kappa shape index (κ1) is 38.7. The minimum atomic E-state index is -5.02. The van der Waals surface area contributed by atoms with Gasteiger partial charge < -0.3 is 24.8 Å². The number of rotatable bonds is 11. The van der Waals surface area contributed by atoms with Crippen LogP contribution in [0.1, 0.15) is 59.5 Å². The van der Waals surface area contributed by atoms with E-state index in [9.17, 15) is 27.9 Å². The predicted octanol–water partition coefficient (Wildman–Crippen LogP) is 6.38. The highest BCUT2D eigenvalue weighted by atomic mass is 19.4. The maximum absolute atomic E-state index is 13.1. The van der Waals surface area contributed by atoms with Crippen LogP contribution in [0.3, 0.4) is 0 Å². The average Bonchev–Trinajstić information content (AvgIpc) is 3.71. The normalized spacial score (nSPS) is 22.4. The topological polar surface area (TPSA) is 94.6 Å². The number of ether oxygens (including phenoxy) is 2. The lowest BCUT2D eigenvalue weighted by Gasteiger charge is -2.40. The van der Waals surface area contributed by atoms with Crippen LogP contribution in [-0.2, 0) is 38.8 Å². The highest BCUT2D eigenvalue weighted by Crippen LogP contribution is 2.39. The van der Waals surface area contributed by atoms with Gasteiger partial charge in [0.1, 0.15) is 6.04 Å². The van der Waals surface area contributed by atoms with E-state index in [1.807, 2.05) is 78.9 Å². The molecule has 0 aliphatic carbocycles. The minimum Gasteiger partial charge on any atom is -0.392 e. The second-order valence-electron chi connectivity index (χ2n) is 14.6. The molecule has 0 bridgehead atoms. The molecule has 4 aromatic carbocycles. The van der Waals surface area contributed by atoms with E-state index in [0.29, 0.717) is 17.7 Å². The minimum absolute atomic E-state index is 0.0208. The Morgan fingerprint density at radius 1 is 0.745 bits per heavy atom. The second kappa shape index (κ2) is 17.5. The molecule has 0 spiro atoms. The summed E-state index contributed by atoms with van der Waals surface area (Å²) in [5.41, 5.74) is 6.71. The van der Waals surface area contributed by atoms with Gasteiger partial charge in [-0.3, -0.25) is 19.4 Å². The quantitative estimate of drug-likeness (QED) is 0.184. The van der Waals surface area contributed by atoms with Crippen LogP contribution in [0.2, 0.25) is 0 Å². The Balaban J connectivity index is 0.993. The second-order valence-corrected chi connectivity index (χ2v) is 14.6. The van der Waals surface area contributed by atoms with E-state index in [4.69, 9.17) is 9.47 Å². The van der Waals surface area contributed by atoms with E-state index in [1.54, 1.807) is 0 Å². The number of nitrogens with zero attached hydrogens (tertiary/aromatic N) is 3. The van der Waals surface area contributed by atoms with Crippen molar-refractivity contribution in [2.45, 2.75) is 69.7 Å². The molecule has 0 unspecified atom stereocenters. The number of hydrogen-bond donors (Lipinski definition) is 2. The zero-order chi connectivity index (χ0) is 38.4. The Morgan fingerprint density at radius 3 is 2.15 bits per heavy atom. The molecule has 0 aromatic heterocycles. The largest absolute Gasteiger partial charge is 0.471 e. The summed E-state index contributed by atoms with van der Waals surface area (Å²) in [6, 6.07) is 32.9. The fraction of sp³-hybridized carbons (Fsp3) is 0.395. The summed E-state index contributed by atoms with van der Waals surface area (Å²) >= 11 is 0. The van der Waals surface area contributed by atoms with Crippen LogP contribution in [0.5, 0.6) is 0 Å². The Bertz CT molecular complexity index is 1890. The molecule has 12 heteroatoms. The van der Waals surface area contributed by atoms with Gasteiger partial charge in [-0.25, -0.2) is 0 Å². The highest BCUT2D eigenvalue weighted by molar-refractivity contribution is 5.90. The number of halogens is 3. The zero-order valence-electron chi connectivity index (χ0n) is 30.7. The number of benzene rings is 4. The molecule has 9 nitrogen and oxygen atoms in total. The van der Waals surface area contributed by atoms with Crippen LogP contribution >= 0.6 is 0 Å². The van der Waals surface area contributed by atoms with Gasteiger partial charge in [0.15, 0.2) is 6.29 Å². The van der Waals surface area contributed by atoms with Crippen molar-refractivity contribution in [3.8, 4) is 11.1 Å². The van der Waals surface area contributed by atoms with Crippen LogP contribution in [0.25, 0.3) is 11.1 Å². The zero-order valence-corrected chi connectivity index (χ0v) is 30.7. The lowest BCUT2D eigenvalue weighted by Crippen LogP contribution is -2.50. The number of aliphatic hydroxyl groups excluding tert-OH is 1. The van der Waals surface area contributed by atoms with Crippen molar-refractivity contribution in [3.05, 3.63) is 131 Å². The smallest absolute Gasteiger partial charge is 0.392 e. The van der Waals surface area contributed by atoms with Crippen LogP contribution in [0, 0.1) is 0 Å². The van der Waals surface area contributed by atoms with Crippen molar-refractivity contribution < 1.29 is 37.3 Å². The number of aliphatic hydroxyl groups is 1. The van der Waals surface area contributed by atoms with Gasteiger partial charge in [0.25, 0.3) is 0 Å². The molecule has 7 rings (SSSR count). The predicted molar refractivity (Wildman–Crippen MR) is 201 cm³/mol. The number of amides is 2. The Morgan fingerprint density at radius 2 is 1.44 bits per heavy atom. The standard InChI is InChI=1S/C43H47F3N4O5/c44-43(45,46)42(53)50-19-5-10-38(50)40(52)47-26-32-8-4-9-36(24-32)33-15-17-35(18-16-33)41-54-37(25-39(55-41)34-13-11-31(29-51)12-14-34)28-49-22-20-48(21-23-49)27-30-6-2-1-3-7-30/h1-4,6-9,11-18,24,37-39,41,51H,5,10,19-23,25-29H2,(H,47,52)/t37-,38-,39+,41+/m0/s1. The van der Waals surface area contributed by atoms with Crippen molar-refractivity contribution in [2.24, 2.45) is 0 Å². The molecular formula is C43H47F3N4O5. The average molecular weight is 757 g/mol. The molecule has 3 aliphatic rings. The summed E-state index contributed by atoms with van der Waals surface area (Å²) in [6.45, 7) is 5.65. The maximum Gasteiger partial charge on any atom is 0.471 e. The van der Waals surface area contributed by atoms with Gasteiger partial charge >= 0.3 is 12.1 Å². The Labute approximate surface area is 319 Å². The lowest BCUT2D eigenvalue weighted by atomic mass is 9.98. The molecule has 3 fully saturated rings. The van der Waals surface area contributed by atoms with Gasteiger partial charge in [0.2, 0.25) is 5.91 Å². The van der Waals surface area contributed by atoms with Crippen molar-refractivity contribution >= 4 is 11.8 Å². The first-order valence-electron chi connectivity index (χ1n) is 19.0. The number of piperazine rings is 1. The van der Waals surface area contributed by atoms with E-state index in [0.717, 1.165) is 72.6 Å². The summed E-state index contributed by atoms with van der Waals surface area (Å²) in [7, 11) is 0. The SMILES string of the molecule is O=C(NCc1cccc(-c2ccc([C@@H]3O[C@H](CN4CCN(Cc5ccccc5)CC4)C[C@H](c4ccc(CO)cc4)O3)cc2)c1)[C@@H]1CCCN1C(=O)C(F)(F)F. The molecular weight excluding hydrogens is 709 g/mol. The molecule has 3 heterocycles. The molecule has 4 aromatic rings. The van der Waals surface area contributed by atoms with Crippen LogP contribution < -0.4 is 5.32 Å². The molecule has 3 aliphatic heterocycles. The van der Waals surface area contributed by atoms with Crippen LogP contribution in [0.15, 0.2) is 103 Å². The molecule has 0 saturated carbocycles. The van der Waals surface area contributed by atoms with Crippen LogP contribution in [0.4, 0.5) is 13.2 Å².